The molecule has 1 atom stereocenters. The summed E-state index contributed by atoms with van der Waals surface area (Å²) >= 11 is 1.36. The van der Waals surface area contributed by atoms with Crippen molar-refractivity contribution in [2.45, 2.75) is 44.6 Å². The van der Waals surface area contributed by atoms with Gasteiger partial charge >= 0.3 is 5.97 Å². The molecule has 1 aromatic heterocycles. The lowest BCUT2D eigenvalue weighted by Crippen LogP contribution is -2.59. The van der Waals surface area contributed by atoms with Gasteiger partial charge in [0.2, 0.25) is 0 Å². The highest BCUT2D eigenvalue weighted by Crippen LogP contribution is 2.61. The van der Waals surface area contributed by atoms with Crippen molar-refractivity contribution < 1.29 is 14.7 Å². The first-order valence-corrected chi connectivity index (χ1v) is 9.01. The van der Waals surface area contributed by atoms with E-state index in [0.29, 0.717) is 22.6 Å². The fourth-order valence-corrected chi connectivity index (χ4v) is 6.24. The van der Waals surface area contributed by atoms with E-state index in [0.717, 1.165) is 19.3 Å². The highest BCUT2D eigenvalue weighted by atomic mass is 32.1. The summed E-state index contributed by atoms with van der Waals surface area (Å²) in [6, 6.07) is 2.83. The Hall–Kier alpha value is -1.36. The van der Waals surface area contributed by atoms with Crippen molar-refractivity contribution in [3.05, 3.63) is 22.4 Å². The van der Waals surface area contributed by atoms with Gasteiger partial charge in [-0.3, -0.25) is 4.79 Å². The van der Waals surface area contributed by atoms with Gasteiger partial charge in [0.1, 0.15) is 6.04 Å². The van der Waals surface area contributed by atoms with Gasteiger partial charge in [-0.1, -0.05) is 6.07 Å². The number of aliphatic carboxylic acids is 1. The van der Waals surface area contributed by atoms with Gasteiger partial charge in [0.25, 0.3) is 5.91 Å². The smallest absolute Gasteiger partial charge is 0.326 e. The number of carbonyl (C=O) groups excluding carboxylic acids is 1. The maximum Gasteiger partial charge on any atom is 0.326 e. The Bertz CT molecular complexity index is 560. The second kappa shape index (κ2) is 5.08. The van der Waals surface area contributed by atoms with E-state index in [4.69, 9.17) is 0 Å². The van der Waals surface area contributed by atoms with Crippen LogP contribution in [-0.4, -0.2) is 23.0 Å². The van der Waals surface area contributed by atoms with Crippen LogP contribution in [0.3, 0.4) is 0 Å². The number of rotatable bonds is 4. The molecule has 4 bridgehead atoms. The fourth-order valence-electron chi connectivity index (χ4n) is 5.62. The van der Waals surface area contributed by atoms with Crippen LogP contribution >= 0.6 is 11.3 Å². The fraction of sp³-hybridized carbons (Fsp3) is 0.647. The molecule has 2 N–H and O–H groups in total. The molecule has 0 aromatic carbocycles. The highest BCUT2D eigenvalue weighted by molar-refractivity contribution is 7.12. The average molecular weight is 319 g/mol. The SMILES string of the molecule is O=C(N[C@@H](C(=O)O)C12CC3CC(CC(C3)C1)C2)c1cccs1. The number of hydrogen-bond acceptors (Lipinski definition) is 3. The number of hydrogen-bond donors (Lipinski definition) is 2. The zero-order valence-electron chi connectivity index (χ0n) is 12.5. The third-order valence-electron chi connectivity index (χ3n) is 5.97. The number of carboxylic acids is 1. The molecule has 4 fully saturated rings. The van der Waals surface area contributed by atoms with E-state index in [2.05, 4.69) is 5.32 Å². The monoisotopic (exact) mass is 319 g/mol. The number of carboxylic acid groups (broad SMARTS) is 1. The quantitative estimate of drug-likeness (QED) is 0.896. The van der Waals surface area contributed by atoms with Crippen LogP contribution in [0.25, 0.3) is 0 Å². The molecular weight excluding hydrogens is 298 g/mol. The largest absolute Gasteiger partial charge is 0.480 e. The maximum absolute atomic E-state index is 12.3. The lowest BCUT2D eigenvalue weighted by Gasteiger charge is -2.58. The molecule has 22 heavy (non-hydrogen) atoms. The topological polar surface area (TPSA) is 66.4 Å². The van der Waals surface area contributed by atoms with Crippen LogP contribution in [0, 0.1) is 23.2 Å². The minimum Gasteiger partial charge on any atom is -0.480 e. The van der Waals surface area contributed by atoms with Crippen LogP contribution in [0.2, 0.25) is 0 Å². The maximum atomic E-state index is 12.3. The highest BCUT2D eigenvalue weighted by Gasteiger charge is 2.56. The Balaban J connectivity index is 1.59. The Kier molecular flexibility index (Phi) is 3.29. The summed E-state index contributed by atoms with van der Waals surface area (Å²) in [6.07, 6.45) is 6.72. The molecule has 4 aliphatic carbocycles. The minimum absolute atomic E-state index is 0.215. The molecule has 0 radical (unpaired) electrons. The first kappa shape index (κ1) is 14.2. The Labute approximate surface area is 133 Å². The van der Waals surface area contributed by atoms with Crippen LogP contribution in [0.4, 0.5) is 0 Å². The standard InChI is InChI=1S/C17H21NO3S/c19-15(13-2-1-3-22-13)18-14(16(20)21)17-7-10-4-11(8-17)6-12(5-10)9-17/h1-3,10-12,14H,4-9H2,(H,18,19)(H,20,21)/t10?,11?,12?,14-,17?/m0/s1. The first-order chi connectivity index (χ1) is 10.6. The minimum atomic E-state index is -0.869. The van der Waals surface area contributed by atoms with Crippen molar-refractivity contribution in [2.24, 2.45) is 23.2 Å². The molecule has 1 aromatic rings. The molecule has 0 unspecified atom stereocenters. The predicted molar refractivity (Wildman–Crippen MR) is 83.8 cm³/mol. The molecule has 1 amide bonds. The van der Waals surface area contributed by atoms with Crippen molar-refractivity contribution in [2.75, 3.05) is 0 Å². The zero-order valence-corrected chi connectivity index (χ0v) is 13.3. The third-order valence-corrected chi connectivity index (χ3v) is 6.83. The summed E-state index contributed by atoms with van der Waals surface area (Å²) in [6.45, 7) is 0. The number of carbonyl (C=O) groups is 2. The van der Waals surface area contributed by atoms with Crippen LogP contribution < -0.4 is 5.32 Å². The van der Waals surface area contributed by atoms with Crippen LogP contribution in [0.5, 0.6) is 0 Å². The van der Waals surface area contributed by atoms with Crippen molar-refractivity contribution in [1.82, 2.24) is 5.32 Å². The summed E-state index contributed by atoms with van der Waals surface area (Å²) < 4.78 is 0. The molecule has 4 saturated carbocycles. The molecule has 4 aliphatic rings. The van der Waals surface area contributed by atoms with Crippen LogP contribution in [0.1, 0.15) is 48.2 Å². The van der Waals surface area contributed by atoms with Crippen molar-refractivity contribution in [3.63, 3.8) is 0 Å². The van der Waals surface area contributed by atoms with E-state index < -0.39 is 12.0 Å². The summed E-state index contributed by atoms with van der Waals surface area (Å²) in [4.78, 5) is 24.9. The average Bonchev–Trinajstić information content (AvgIpc) is 2.96. The molecule has 4 nitrogen and oxygen atoms in total. The lowest BCUT2D eigenvalue weighted by atomic mass is 9.47. The molecule has 118 valence electrons. The molecule has 0 aliphatic heterocycles. The molecule has 0 saturated heterocycles. The number of thiophene rings is 1. The van der Waals surface area contributed by atoms with Crippen molar-refractivity contribution >= 4 is 23.2 Å². The first-order valence-electron chi connectivity index (χ1n) is 8.13. The Morgan fingerprint density at radius 3 is 2.23 bits per heavy atom. The molecular formula is C17H21NO3S. The summed E-state index contributed by atoms with van der Waals surface area (Å²) in [7, 11) is 0. The van der Waals surface area contributed by atoms with E-state index in [1.807, 2.05) is 11.4 Å². The van der Waals surface area contributed by atoms with Crippen molar-refractivity contribution in [1.29, 1.82) is 0 Å². The summed E-state index contributed by atoms with van der Waals surface area (Å²) in [5.74, 6) is 0.912. The molecule has 1 heterocycles. The second-order valence-corrected chi connectivity index (χ2v) is 8.45. The van der Waals surface area contributed by atoms with Gasteiger partial charge in [-0.15, -0.1) is 11.3 Å². The molecule has 5 heteroatoms. The lowest BCUT2D eigenvalue weighted by molar-refractivity contribution is -0.150. The Morgan fingerprint density at radius 2 is 1.77 bits per heavy atom. The van der Waals surface area contributed by atoms with Crippen LogP contribution in [-0.2, 0) is 4.79 Å². The van der Waals surface area contributed by atoms with E-state index in [1.54, 1.807) is 6.07 Å². The summed E-state index contributed by atoms with van der Waals surface area (Å²) in [5, 5.41) is 14.5. The normalized spacial score (nSPS) is 37.0. The van der Waals surface area contributed by atoms with Gasteiger partial charge < -0.3 is 10.4 Å². The molecule has 0 spiro atoms. The molecule has 5 rings (SSSR count). The number of nitrogens with one attached hydrogen (secondary N) is 1. The van der Waals surface area contributed by atoms with Gasteiger partial charge in [0.15, 0.2) is 0 Å². The Morgan fingerprint density at radius 1 is 1.18 bits per heavy atom. The van der Waals surface area contributed by atoms with E-state index in [-0.39, 0.29) is 11.3 Å². The van der Waals surface area contributed by atoms with E-state index >= 15 is 0 Å². The second-order valence-electron chi connectivity index (χ2n) is 7.50. The summed E-state index contributed by atoms with van der Waals surface area (Å²) in [5.41, 5.74) is -0.215. The van der Waals surface area contributed by atoms with Gasteiger partial charge in [-0.2, -0.15) is 0 Å². The van der Waals surface area contributed by atoms with Gasteiger partial charge in [-0.05, 0) is 67.7 Å². The van der Waals surface area contributed by atoms with Crippen molar-refractivity contribution in [3.8, 4) is 0 Å². The predicted octanol–water partition coefficient (Wildman–Crippen LogP) is 3.15. The third kappa shape index (κ3) is 2.26. The van der Waals surface area contributed by atoms with Gasteiger partial charge in [0, 0.05) is 5.41 Å². The number of amides is 1. The van der Waals surface area contributed by atoms with Gasteiger partial charge in [-0.25, -0.2) is 4.79 Å². The van der Waals surface area contributed by atoms with Crippen LogP contribution in [0.15, 0.2) is 17.5 Å². The van der Waals surface area contributed by atoms with E-state index in [9.17, 15) is 14.7 Å². The van der Waals surface area contributed by atoms with Gasteiger partial charge in [0.05, 0.1) is 4.88 Å². The van der Waals surface area contributed by atoms with E-state index in [1.165, 1.54) is 30.6 Å². The zero-order chi connectivity index (χ0) is 15.3.